The first-order valence-corrected chi connectivity index (χ1v) is 5.29. The summed E-state index contributed by atoms with van der Waals surface area (Å²) in [5, 5.41) is 13.3. The summed E-state index contributed by atoms with van der Waals surface area (Å²) < 4.78 is 4.95. The fourth-order valence-electron chi connectivity index (χ4n) is 1.62. The summed E-state index contributed by atoms with van der Waals surface area (Å²) in [6, 6.07) is 0. The number of hydrogen-bond acceptors (Lipinski definition) is 4. The van der Waals surface area contributed by atoms with Crippen LogP contribution in [0.2, 0.25) is 0 Å². The van der Waals surface area contributed by atoms with Crippen molar-refractivity contribution in [3.05, 3.63) is 34.5 Å². The molecule has 2 N–H and O–H groups in total. The van der Waals surface area contributed by atoms with E-state index in [2.05, 4.69) is 20.7 Å². The molecule has 0 aliphatic rings. The molecule has 2 heterocycles. The van der Waals surface area contributed by atoms with Gasteiger partial charge in [-0.05, 0) is 20.8 Å². The van der Waals surface area contributed by atoms with Crippen molar-refractivity contribution < 1.29 is 9.32 Å². The van der Waals surface area contributed by atoms with Crippen molar-refractivity contribution in [2.75, 3.05) is 0 Å². The minimum absolute atomic E-state index is 0.179. The first-order chi connectivity index (χ1) is 8.09. The summed E-state index contributed by atoms with van der Waals surface area (Å²) in [6.07, 6.45) is 1.70. The van der Waals surface area contributed by atoms with Crippen LogP contribution in [0, 0.1) is 20.8 Å². The van der Waals surface area contributed by atoms with E-state index in [4.69, 9.17) is 4.52 Å². The van der Waals surface area contributed by atoms with Gasteiger partial charge in [-0.2, -0.15) is 5.10 Å². The normalized spacial score (nSPS) is 10.5. The van der Waals surface area contributed by atoms with Crippen LogP contribution in [0.5, 0.6) is 0 Å². The van der Waals surface area contributed by atoms with Crippen LogP contribution in [0.4, 0.5) is 0 Å². The van der Waals surface area contributed by atoms with Crippen LogP contribution < -0.4 is 5.32 Å². The molecular weight excluding hydrogens is 220 g/mol. The highest BCUT2D eigenvalue weighted by atomic mass is 16.5. The highest BCUT2D eigenvalue weighted by molar-refractivity contribution is 5.96. The Hall–Kier alpha value is -2.11. The maximum Gasteiger partial charge on any atom is 0.257 e. The fourth-order valence-corrected chi connectivity index (χ4v) is 1.62. The molecule has 6 heteroatoms. The second-order valence-corrected chi connectivity index (χ2v) is 3.90. The van der Waals surface area contributed by atoms with Gasteiger partial charge in [0.15, 0.2) is 0 Å². The molecule has 0 aliphatic heterocycles. The highest BCUT2D eigenvalue weighted by Crippen LogP contribution is 2.12. The maximum atomic E-state index is 11.9. The maximum absolute atomic E-state index is 11.9. The molecule has 2 rings (SSSR count). The Morgan fingerprint density at radius 2 is 2.24 bits per heavy atom. The van der Waals surface area contributed by atoms with Crippen molar-refractivity contribution in [3.63, 3.8) is 0 Å². The van der Waals surface area contributed by atoms with E-state index >= 15 is 0 Å². The van der Waals surface area contributed by atoms with Crippen LogP contribution in [-0.4, -0.2) is 21.3 Å². The Morgan fingerprint density at radius 1 is 1.47 bits per heavy atom. The lowest BCUT2D eigenvalue weighted by atomic mass is 10.2. The van der Waals surface area contributed by atoms with Crippen molar-refractivity contribution in [1.82, 2.24) is 20.7 Å². The molecule has 1 amide bonds. The van der Waals surface area contributed by atoms with E-state index in [1.807, 2.05) is 6.92 Å². The second kappa shape index (κ2) is 4.40. The molecule has 0 unspecified atom stereocenters. The van der Waals surface area contributed by atoms with Crippen molar-refractivity contribution in [2.24, 2.45) is 0 Å². The Bertz CT molecular complexity index is 522. The molecule has 0 saturated heterocycles. The molecule has 0 spiro atoms. The lowest BCUT2D eigenvalue weighted by Crippen LogP contribution is -2.23. The number of rotatable bonds is 3. The van der Waals surface area contributed by atoms with Crippen molar-refractivity contribution >= 4 is 5.91 Å². The standard InChI is InChI=1S/C11H14N4O2/c1-6-9(5-13-14-6)4-12-11(16)10-7(2)15-17-8(10)3/h5H,4H2,1-3H3,(H,12,16)(H,13,14). The minimum Gasteiger partial charge on any atom is -0.361 e. The predicted octanol–water partition coefficient (Wildman–Crippen LogP) is 1.25. The van der Waals surface area contributed by atoms with Crippen molar-refractivity contribution in [1.29, 1.82) is 0 Å². The van der Waals surface area contributed by atoms with Crippen LogP contribution in [0.3, 0.4) is 0 Å². The molecule has 2 aromatic rings. The van der Waals surface area contributed by atoms with E-state index in [-0.39, 0.29) is 5.91 Å². The molecule has 0 fully saturated rings. The molecule has 0 saturated carbocycles. The zero-order chi connectivity index (χ0) is 12.4. The van der Waals surface area contributed by atoms with Gasteiger partial charge < -0.3 is 9.84 Å². The quantitative estimate of drug-likeness (QED) is 0.837. The van der Waals surface area contributed by atoms with Crippen LogP contribution >= 0.6 is 0 Å². The topological polar surface area (TPSA) is 83.8 Å². The van der Waals surface area contributed by atoms with Gasteiger partial charge in [-0.3, -0.25) is 9.89 Å². The molecule has 0 radical (unpaired) electrons. The van der Waals surface area contributed by atoms with E-state index in [1.165, 1.54) is 0 Å². The van der Waals surface area contributed by atoms with E-state index in [0.29, 0.717) is 23.6 Å². The highest BCUT2D eigenvalue weighted by Gasteiger charge is 2.17. The number of carbonyl (C=O) groups excluding carboxylic acids is 1. The smallest absolute Gasteiger partial charge is 0.257 e. The van der Waals surface area contributed by atoms with Gasteiger partial charge in [0.2, 0.25) is 0 Å². The molecule has 2 aromatic heterocycles. The van der Waals surface area contributed by atoms with E-state index < -0.39 is 0 Å². The Balaban J connectivity index is 2.06. The number of H-pyrrole nitrogens is 1. The van der Waals surface area contributed by atoms with Gasteiger partial charge in [-0.25, -0.2) is 0 Å². The zero-order valence-electron chi connectivity index (χ0n) is 10.00. The Morgan fingerprint density at radius 3 is 2.76 bits per heavy atom. The summed E-state index contributed by atoms with van der Waals surface area (Å²) in [7, 11) is 0. The summed E-state index contributed by atoms with van der Waals surface area (Å²) in [5.41, 5.74) is 3.02. The van der Waals surface area contributed by atoms with Gasteiger partial charge in [-0.15, -0.1) is 0 Å². The van der Waals surface area contributed by atoms with Gasteiger partial charge in [0.25, 0.3) is 5.91 Å². The number of aryl methyl sites for hydroxylation is 3. The monoisotopic (exact) mass is 234 g/mol. The number of hydrogen-bond donors (Lipinski definition) is 2. The molecule has 0 bridgehead atoms. The Kier molecular flexibility index (Phi) is 2.95. The Labute approximate surface area is 98.4 Å². The van der Waals surface area contributed by atoms with Gasteiger partial charge in [0, 0.05) is 17.8 Å². The molecule has 17 heavy (non-hydrogen) atoms. The average Bonchev–Trinajstić information content (AvgIpc) is 2.83. The number of nitrogens with one attached hydrogen (secondary N) is 2. The van der Waals surface area contributed by atoms with Gasteiger partial charge in [0.1, 0.15) is 11.3 Å². The summed E-state index contributed by atoms with van der Waals surface area (Å²) in [4.78, 5) is 11.9. The number of amides is 1. The molecule has 0 aliphatic carbocycles. The third-order valence-corrected chi connectivity index (χ3v) is 2.63. The van der Waals surface area contributed by atoms with E-state index in [9.17, 15) is 4.79 Å². The molecule has 90 valence electrons. The number of aromatic nitrogens is 3. The largest absolute Gasteiger partial charge is 0.361 e. The van der Waals surface area contributed by atoms with Crippen molar-refractivity contribution in [2.45, 2.75) is 27.3 Å². The van der Waals surface area contributed by atoms with Crippen LogP contribution in [0.15, 0.2) is 10.7 Å². The summed E-state index contributed by atoms with van der Waals surface area (Å²) in [5.74, 6) is 0.353. The van der Waals surface area contributed by atoms with Gasteiger partial charge in [-0.1, -0.05) is 5.16 Å². The number of nitrogens with zero attached hydrogens (tertiary/aromatic N) is 2. The molecule has 0 aromatic carbocycles. The number of aromatic amines is 1. The first kappa shape index (κ1) is 11.4. The first-order valence-electron chi connectivity index (χ1n) is 5.29. The van der Waals surface area contributed by atoms with E-state index in [1.54, 1.807) is 20.0 Å². The average molecular weight is 234 g/mol. The molecule has 0 atom stereocenters. The van der Waals surface area contributed by atoms with Gasteiger partial charge >= 0.3 is 0 Å². The SMILES string of the molecule is Cc1noc(C)c1C(=O)NCc1cn[nH]c1C. The van der Waals surface area contributed by atoms with Gasteiger partial charge in [0.05, 0.1) is 11.9 Å². The van der Waals surface area contributed by atoms with Crippen molar-refractivity contribution in [3.8, 4) is 0 Å². The molecular formula is C11H14N4O2. The van der Waals surface area contributed by atoms with Crippen LogP contribution in [0.1, 0.15) is 33.1 Å². The third-order valence-electron chi connectivity index (χ3n) is 2.63. The minimum atomic E-state index is -0.179. The predicted molar refractivity (Wildman–Crippen MR) is 60.5 cm³/mol. The zero-order valence-corrected chi connectivity index (χ0v) is 10.00. The summed E-state index contributed by atoms with van der Waals surface area (Å²) in [6.45, 7) is 5.81. The third kappa shape index (κ3) is 2.20. The van der Waals surface area contributed by atoms with Crippen LogP contribution in [-0.2, 0) is 6.54 Å². The lowest BCUT2D eigenvalue weighted by molar-refractivity contribution is 0.0949. The molecule has 6 nitrogen and oxygen atoms in total. The second-order valence-electron chi connectivity index (χ2n) is 3.90. The fraction of sp³-hybridized carbons (Fsp3) is 0.364. The van der Waals surface area contributed by atoms with E-state index in [0.717, 1.165) is 11.3 Å². The van der Waals surface area contributed by atoms with Crippen LogP contribution in [0.25, 0.3) is 0 Å². The number of carbonyl (C=O) groups is 1. The lowest BCUT2D eigenvalue weighted by Gasteiger charge is -2.03. The summed E-state index contributed by atoms with van der Waals surface area (Å²) >= 11 is 0.